The fourth-order valence-electron chi connectivity index (χ4n) is 3.44. The van der Waals surface area contributed by atoms with Gasteiger partial charge in [-0.1, -0.05) is 23.7 Å². The topological polar surface area (TPSA) is 23.5 Å². The predicted octanol–water partition coefficient (Wildman–Crippen LogP) is 3.15. The number of piperidine rings is 3. The Morgan fingerprint density at radius 1 is 1.21 bits per heavy atom. The summed E-state index contributed by atoms with van der Waals surface area (Å²) in [6, 6.07) is 7.98. The lowest BCUT2D eigenvalue weighted by atomic mass is 9.73. The highest BCUT2D eigenvalue weighted by Gasteiger charge is 2.44. The zero-order valence-corrected chi connectivity index (χ0v) is 12.6. The molecular weight excluding hydrogens is 281 g/mol. The Bertz CT molecular complexity index is 415. The first-order chi connectivity index (χ1) is 8.66. The van der Waals surface area contributed by atoms with Crippen molar-refractivity contribution in [2.75, 3.05) is 19.6 Å². The lowest BCUT2D eigenvalue weighted by molar-refractivity contribution is -0.115. The van der Waals surface area contributed by atoms with Gasteiger partial charge in [-0.2, -0.15) is 0 Å². The summed E-state index contributed by atoms with van der Waals surface area (Å²) in [6.07, 6.45) is 4.14. The Kier molecular flexibility index (Phi) is 4.78. The molecule has 1 N–H and O–H groups in total. The number of fused-ring (bicyclic) bond motifs is 3. The van der Waals surface area contributed by atoms with Gasteiger partial charge in [-0.05, 0) is 62.4 Å². The Balaban J connectivity index is 0.00000133. The highest BCUT2D eigenvalue weighted by Crippen LogP contribution is 2.38. The van der Waals surface area contributed by atoms with Gasteiger partial charge in [0.1, 0.15) is 0 Å². The molecule has 106 valence electrons. The fourth-order valence-corrected chi connectivity index (χ4v) is 3.57. The minimum Gasteiger partial charge on any atom is -0.388 e. The van der Waals surface area contributed by atoms with Gasteiger partial charge in [0.15, 0.2) is 0 Å². The van der Waals surface area contributed by atoms with Crippen LogP contribution in [0.4, 0.5) is 0 Å². The number of hydrogen-bond donors (Lipinski definition) is 1. The molecule has 1 atom stereocenters. The Hall–Kier alpha value is -0.280. The van der Waals surface area contributed by atoms with E-state index in [0.717, 1.165) is 37.3 Å². The van der Waals surface area contributed by atoms with E-state index in [0.29, 0.717) is 5.92 Å². The number of benzene rings is 1. The lowest BCUT2D eigenvalue weighted by Gasteiger charge is -2.50. The SMILES string of the molecule is Cl.OC1(CCc2ccc(Cl)cc2)CN2CCC1CC2. The van der Waals surface area contributed by atoms with E-state index in [-0.39, 0.29) is 12.4 Å². The highest BCUT2D eigenvalue weighted by atomic mass is 35.5. The number of aliphatic hydroxyl groups is 1. The molecule has 0 aliphatic carbocycles. The first-order valence-electron chi connectivity index (χ1n) is 6.85. The molecule has 3 aliphatic heterocycles. The zero-order valence-electron chi connectivity index (χ0n) is 11.0. The first kappa shape index (κ1) is 15.1. The number of halogens is 2. The van der Waals surface area contributed by atoms with Crippen LogP contribution in [-0.4, -0.2) is 35.2 Å². The third kappa shape index (κ3) is 3.25. The summed E-state index contributed by atoms with van der Waals surface area (Å²) in [4.78, 5) is 2.40. The van der Waals surface area contributed by atoms with E-state index in [4.69, 9.17) is 11.6 Å². The van der Waals surface area contributed by atoms with Gasteiger partial charge < -0.3 is 10.0 Å². The number of hydrogen-bond acceptors (Lipinski definition) is 2. The van der Waals surface area contributed by atoms with Crippen molar-refractivity contribution in [3.05, 3.63) is 34.9 Å². The average Bonchev–Trinajstić information content (AvgIpc) is 2.39. The summed E-state index contributed by atoms with van der Waals surface area (Å²) < 4.78 is 0. The molecule has 2 bridgehead atoms. The molecule has 3 saturated heterocycles. The van der Waals surface area contributed by atoms with Gasteiger partial charge in [0.2, 0.25) is 0 Å². The van der Waals surface area contributed by atoms with Crippen LogP contribution in [0.15, 0.2) is 24.3 Å². The third-order valence-electron chi connectivity index (χ3n) is 4.60. The normalized spacial score (nSPS) is 32.9. The van der Waals surface area contributed by atoms with E-state index in [2.05, 4.69) is 17.0 Å². The van der Waals surface area contributed by atoms with Crippen LogP contribution in [0.2, 0.25) is 5.02 Å². The van der Waals surface area contributed by atoms with Crippen molar-refractivity contribution >= 4 is 24.0 Å². The maximum Gasteiger partial charge on any atom is 0.0806 e. The summed E-state index contributed by atoms with van der Waals surface area (Å²) in [5, 5.41) is 11.6. The molecule has 4 rings (SSSR count). The van der Waals surface area contributed by atoms with E-state index >= 15 is 0 Å². The van der Waals surface area contributed by atoms with Gasteiger partial charge in [0.05, 0.1) is 5.60 Å². The van der Waals surface area contributed by atoms with Crippen LogP contribution >= 0.6 is 24.0 Å². The molecule has 4 heteroatoms. The molecule has 0 saturated carbocycles. The monoisotopic (exact) mass is 301 g/mol. The summed E-state index contributed by atoms with van der Waals surface area (Å²) in [5.74, 6) is 0.509. The first-order valence-corrected chi connectivity index (χ1v) is 7.23. The van der Waals surface area contributed by atoms with Crippen molar-refractivity contribution in [1.82, 2.24) is 4.90 Å². The third-order valence-corrected chi connectivity index (χ3v) is 4.86. The quantitative estimate of drug-likeness (QED) is 0.927. The van der Waals surface area contributed by atoms with Crippen LogP contribution in [0.3, 0.4) is 0 Å². The maximum atomic E-state index is 10.8. The Labute approximate surface area is 126 Å². The van der Waals surface area contributed by atoms with Crippen molar-refractivity contribution in [3.63, 3.8) is 0 Å². The van der Waals surface area contributed by atoms with Gasteiger partial charge >= 0.3 is 0 Å². The summed E-state index contributed by atoms with van der Waals surface area (Å²) in [7, 11) is 0. The molecule has 1 unspecified atom stereocenters. The van der Waals surface area contributed by atoms with Gasteiger partial charge in [-0.15, -0.1) is 12.4 Å². The average molecular weight is 302 g/mol. The fraction of sp³-hybridized carbons (Fsp3) is 0.600. The van der Waals surface area contributed by atoms with E-state index in [1.165, 1.54) is 18.7 Å². The molecule has 0 radical (unpaired) electrons. The van der Waals surface area contributed by atoms with Crippen molar-refractivity contribution in [2.45, 2.75) is 31.3 Å². The van der Waals surface area contributed by atoms with Crippen molar-refractivity contribution in [3.8, 4) is 0 Å². The molecule has 0 amide bonds. The Morgan fingerprint density at radius 2 is 1.84 bits per heavy atom. The van der Waals surface area contributed by atoms with E-state index in [1.54, 1.807) is 0 Å². The second-order valence-electron chi connectivity index (χ2n) is 5.78. The minimum atomic E-state index is -0.462. The van der Waals surface area contributed by atoms with Gasteiger partial charge in [-0.3, -0.25) is 0 Å². The molecule has 0 spiro atoms. The van der Waals surface area contributed by atoms with Crippen LogP contribution in [0.5, 0.6) is 0 Å². The lowest BCUT2D eigenvalue weighted by Crippen LogP contribution is -2.59. The molecule has 2 nitrogen and oxygen atoms in total. The van der Waals surface area contributed by atoms with Gasteiger partial charge in [0, 0.05) is 11.6 Å². The molecule has 3 aliphatic rings. The largest absolute Gasteiger partial charge is 0.388 e. The molecule has 1 aromatic rings. The molecule has 3 heterocycles. The second-order valence-corrected chi connectivity index (χ2v) is 6.22. The number of nitrogens with zero attached hydrogens (tertiary/aromatic N) is 1. The van der Waals surface area contributed by atoms with Crippen molar-refractivity contribution in [2.24, 2.45) is 5.92 Å². The van der Waals surface area contributed by atoms with Crippen LogP contribution in [0, 0.1) is 5.92 Å². The molecule has 3 fully saturated rings. The molecule has 19 heavy (non-hydrogen) atoms. The summed E-state index contributed by atoms with van der Waals surface area (Å²) in [5.41, 5.74) is 0.806. The summed E-state index contributed by atoms with van der Waals surface area (Å²) >= 11 is 5.88. The van der Waals surface area contributed by atoms with Crippen molar-refractivity contribution in [1.29, 1.82) is 0 Å². The summed E-state index contributed by atoms with van der Waals surface area (Å²) in [6.45, 7) is 3.22. The maximum absolute atomic E-state index is 10.8. The van der Waals surface area contributed by atoms with Crippen LogP contribution in [0.25, 0.3) is 0 Å². The standard InChI is InChI=1S/C15H20ClNO.ClH/c16-14-3-1-12(2-4-14)5-8-15(18)11-17-9-6-13(15)7-10-17;/h1-4,13,18H,5-11H2;1H. The molecular formula is C15H21Cl2NO. The number of aryl methyl sites for hydroxylation is 1. The van der Waals surface area contributed by atoms with Crippen LogP contribution in [-0.2, 0) is 6.42 Å². The zero-order chi connectivity index (χ0) is 12.6. The highest BCUT2D eigenvalue weighted by molar-refractivity contribution is 6.30. The molecule has 1 aromatic carbocycles. The van der Waals surface area contributed by atoms with E-state index in [9.17, 15) is 5.11 Å². The van der Waals surface area contributed by atoms with Gasteiger partial charge in [-0.25, -0.2) is 0 Å². The van der Waals surface area contributed by atoms with E-state index < -0.39 is 5.60 Å². The predicted molar refractivity (Wildman–Crippen MR) is 81.1 cm³/mol. The van der Waals surface area contributed by atoms with Crippen LogP contribution < -0.4 is 0 Å². The van der Waals surface area contributed by atoms with E-state index in [1.807, 2.05) is 12.1 Å². The smallest absolute Gasteiger partial charge is 0.0806 e. The number of rotatable bonds is 3. The van der Waals surface area contributed by atoms with Crippen LogP contribution in [0.1, 0.15) is 24.8 Å². The van der Waals surface area contributed by atoms with Crippen molar-refractivity contribution < 1.29 is 5.11 Å². The minimum absolute atomic E-state index is 0. The van der Waals surface area contributed by atoms with Gasteiger partial charge in [0.25, 0.3) is 0 Å². The molecule has 0 aromatic heterocycles. The second kappa shape index (κ2) is 6.01. The Morgan fingerprint density at radius 3 is 2.37 bits per heavy atom.